The number of aliphatic hydroxyl groups is 1. The Kier molecular flexibility index (Phi) is 8.17. The van der Waals surface area contributed by atoms with E-state index in [1.165, 1.54) is 11.1 Å². The van der Waals surface area contributed by atoms with E-state index in [4.69, 9.17) is 17.4 Å². The highest BCUT2D eigenvalue weighted by Crippen LogP contribution is 2.61. The van der Waals surface area contributed by atoms with Crippen molar-refractivity contribution < 1.29 is 14.6 Å². The van der Waals surface area contributed by atoms with Crippen molar-refractivity contribution in [3.8, 4) is 0 Å². The summed E-state index contributed by atoms with van der Waals surface area (Å²) in [5, 5.41) is 14.3. The van der Waals surface area contributed by atoms with Crippen LogP contribution < -0.4 is 5.32 Å². The zero-order chi connectivity index (χ0) is 26.1. The van der Waals surface area contributed by atoms with E-state index in [1.54, 1.807) is 0 Å². The van der Waals surface area contributed by atoms with E-state index in [9.17, 15) is 9.90 Å². The normalized spacial score (nSPS) is 32.8. The molecule has 4 nitrogen and oxygen atoms in total. The fourth-order valence-electron chi connectivity index (χ4n) is 7.19. The van der Waals surface area contributed by atoms with Gasteiger partial charge in [0.15, 0.2) is 0 Å². The number of ether oxygens (including phenoxy) is 1. The minimum atomic E-state index is -0.401. The molecule has 36 heavy (non-hydrogen) atoms. The largest absolute Gasteiger partial charge is 0.458 e. The second-order valence-corrected chi connectivity index (χ2v) is 12.7. The van der Waals surface area contributed by atoms with Crippen LogP contribution >= 0.6 is 12.6 Å². The third kappa shape index (κ3) is 5.22. The van der Waals surface area contributed by atoms with Crippen LogP contribution in [0.3, 0.4) is 0 Å². The zero-order valence-electron chi connectivity index (χ0n) is 22.5. The number of allylic oxidation sites excluding steroid dienone is 1. The molecule has 2 saturated carbocycles. The Bertz CT molecular complexity index is 1020. The molecule has 0 aromatic heterocycles. The van der Waals surface area contributed by atoms with Crippen LogP contribution in [-0.4, -0.2) is 35.1 Å². The van der Waals surface area contributed by atoms with Gasteiger partial charge in [-0.3, -0.25) is 0 Å². The van der Waals surface area contributed by atoms with Gasteiger partial charge in [0.25, 0.3) is 0 Å². The smallest absolute Gasteiger partial charge is 0.334 e. The summed E-state index contributed by atoms with van der Waals surface area (Å²) in [7, 11) is 0. The number of unbranched alkanes of at least 4 members (excludes halogenated alkanes) is 1. The lowest BCUT2D eigenvalue weighted by atomic mass is 9.49. The van der Waals surface area contributed by atoms with E-state index in [2.05, 4.69) is 51.7 Å². The molecule has 0 amide bonds. The van der Waals surface area contributed by atoms with Crippen molar-refractivity contribution in [2.75, 3.05) is 18.5 Å². The van der Waals surface area contributed by atoms with Crippen molar-refractivity contribution in [2.45, 2.75) is 89.9 Å². The molecule has 0 saturated heterocycles. The molecule has 1 aliphatic heterocycles. The summed E-state index contributed by atoms with van der Waals surface area (Å²) >= 11 is 5.00. The molecule has 196 valence electrons. The number of fused-ring (bicyclic) bond motifs is 1. The molecule has 2 N–H and O–H groups in total. The summed E-state index contributed by atoms with van der Waals surface area (Å²) in [4.78, 5) is 12.6. The molecule has 0 bridgehead atoms. The maximum absolute atomic E-state index is 12.6. The highest BCUT2D eigenvalue weighted by atomic mass is 32.1. The minimum absolute atomic E-state index is 0.0319. The first-order chi connectivity index (χ1) is 17.1. The van der Waals surface area contributed by atoms with Gasteiger partial charge < -0.3 is 15.2 Å². The summed E-state index contributed by atoms with van der Waals surface area (Å²) in [6.45, 7) is 14.5. The van der Waals surface area contributed by atoms with Crippen molar-refractivity contribution in [3.63, 3.8) is 0 Å². The van der Waals surface area contributed by atoms with E-state index >= 15 is 0 Å². The summed E-state index contributed by atoms with van der Waals surface area (Å²) in [6.07, 6.45) is 9.29. The second-order valence-electron chi connectivity index (χ2n) is 11.8. The van der Waals surface area contributed by atoms with Crippen LogP contribution in [0.2, 0.25) is 0 Å². The number of rotatable bonds is 9. The average Bonchev–Trinajstić information content (AvgIpc) is 3.26. The third-order valence-corrected chi connectivity index (χ3v) is 10.2. The van der Waals surface area contributed by atoms with Crippen LogP contribution in [0.4, 0.5) is 5.69 Å². The topological polar surface area (TPSA) is 58.6 Å². The van der Waals surface area contributed by atoms with Gasteiger partial charge in [-0.15, -0.1) is 0 Å². The van der Waals surface area contributed by atoms with E-state index < -0.39 is 4.75 Å². The highest BCUT2D eigenvalue weighted by molar-refractivity contribution is 7.81. The molecule has 3 aliphatic rings. The van der Waals surface area contributed by atoms with Crippen LogP contribution in [0.15, 0.2) is 29.9 Å². The Morgan fingerprint density at radius 1 is 1.31 bits per heavy atom. The zero-order valence-corrected chi connectivity index (χ0v) is 23.3. The fraction of sp³-hybridized carbons (Fsp3) is 0.645. The number of nitrogens with one attached hydrogen (secondary N) is 1. The van der Waals surface area contributed by atoms with Crippen LogP contribution in [0.5, 0.6) is 0 Å². The molecule has 1 aromatic rings. The van der Waals surface area contributed by atoms with Crippen LogP contribution in [0.25, 0.3) is 0 Å². The molecule has 6 atom stereocenters. The quantitative estimate of drug-likeness (QED) is 0.156. The maximum atomic E-state index is 12.6. The van der Waals surface area contributed by atoms with Crippen molar-refractivity contribution in [1.29, 1.82) is 0 Å². The number of cyclic esters (lactones) is 1. The average molecular weight is 510 g/mol. The van der Waals surface area contributed by atoms with Gasteiger partial charge in [-0.1, -0.05) is 37.6 Å². The lowest BCUT2D eigenvalue weighted by Crippen LogP contribution is -2.57. The Balaban J connectivity index is 1.44. The predicted molar refractivity (Wildman–Crippen MR) is 149 cm³/mol. The van der Waals surface area contributed by atoms with Crippen molar-refractivity contribution in [1.82, 2.24) is 0 Å². The van der Waals surface area contributed by atoms with E-state index in [0.717, 1.165) is 74.7 Å². The standard InChI is InChI=1S/C31H43NO3S/c1-20-9-8-11-26(22(20)3)32-17-7-6-10-23(24-15-18-35-29(24)34)19-25-21(2)12-13-27-30(25,4)16-14-28(33)31(27,5)36/h11,15,23,25,27-28,32-33,36H,2,6-7,10,12-14,16-19H2,1,3-5H3/t23?,25-,27?,28+,30?,31-/m0/s1. The molecule has 1 aromatic carbocycles. The molecular weight excluding hydrogens is 466 g/mol. The summed E-state index contributed by atoms with van der Waals surface area (Å²) in [5.41, 5.74) is 5.65. The number of hydrogen-bond acceptors (Lipinski definition) is 5. The fourth-order valence-corrected chi connectivity index (χ4v) is 7.75. The first-order valence-corrected chi connectivity index (χ1v) is 14.1. The number of esters is 1. The van der Waals surface area contributed by atoms with Crippen LogP contribution in [-0.2, 0) is 9.53 Å². The monoisotopic (exact) mass is 509 g/mol. The van der Waals surface area contributed by atoms with Crippen molar-refractivity contribution in [2.24, 2.45) is 23.2 Å². The Morgan fingerprint density at radius 2 is 2.08 bits per heavy atom. The number of aliphatic hydroxyl groups excluding tert-OH is 1. The molecular formula is C31H43NO3S. The van der Waals surface area contributed by atoms with Gasteiger partial charge >= 0.3 is 5.97 Å². The van der Waals surface area contributed by atoms with Gasteiger partial charge in [0.05, 0.1) is 6.10 Å². The van der Waals surface area contributed by atoms with Crippen molar-refractivity contribution >= 4 is 24.3 Å². The Labute approximate surface area is 223 Å². The number of anilines is 1. The number of hydrogen-bond donors (Lipinski definition) is 3. The lowest BCUT2D eigenvalue weighted by Gasteiger charge is -2.59. The predicted octanol–water partition coefficient (Wildman–Crippen LogP) is 6.41. The van der Waals surface area contributed by atoms with Crippen LogP contribution in [0, 0.1) is 49.1 Å². The van der Waals surface area contributed by atoms with Gasteiger partial charge in [-0.05, 0) is 101 Å². The van der Waals surface area contributed by atoms with Gasteiger partial charge in [0.1, 0.15) is 6.61 Å². The van der Waals surface area contributed by atoms with Gasteiger partial charge in [-0.2, -0.15) is 12.6 Å². The molecule has 2 fully saturated rings. The first-order valence-electron chi connectivity index (χ1n) is 13.6. The maximum Gasteiger partial charge on any atom is 0.334 e. The molecule has 3 unspecified atom stereocenters. The van der Waals surface area contributed by atoms with E-state index in [-0.39, 0.29) is 23.4 Å². The first kappa shape index (κ1) is 27.1. The lowest BCUT2D eigenvalue weighted by molar-refractivity contribution is -0.136. The number of carbonyl (C=O) groups is 1. The van der Waals surface area contributed by atoms with E-state index in [0.29, 0.717) is 18.4 Å². The molecule has 4 rings (SSSR count). The summed E-state index contributed by atoms with van der Waals surface area (Å²) in [5.74, 6) is 0.656. The van der Waals surface area contributed by atoms with Gasteiger partial charge in [-0.25, -0.2) is 4.79 Å². The Morgan fingerprint density at radius 3 is 2.81 bits per heavy atom. The van der Waals surface area contributed by atoms with Crippen molar-refractivity contribution in [3.05, 3.63) is 53.1 Å². The molecule has 0 radical (unpaired) electrons. The summed E-state index contributed by atoms with van der Waals surface area (Å²) in [6, 6.07) is 8.17. The number of carbonyl (C=O) groups excluding carboxylic acids is 1. The van der Waals surface area contributed by atoms with E-state index in [1.807, 2.05) is 12.1 Å². The number of thiol groups is 1. The molecule has 1 heterocycles. The van der Waals surface area contributed by atoms with Gasteiger partial charge in [0, 0.05) is 34.2 Å². The molecule has 5 heteroatoms. The molecule has 0 spiro atoms. The second kappa shape index (κ2) is 10.8. The highest BCUT2D eigenvalue weighted by Gasteiger charge is 2.56. The SMILES string of the molecule is C=C1CCC2C(C)(CC[C@@H](O)[C@@]2(C)S)[C@H]1CC(CCCCNc1cc#cc(C)c1C)C1=CCOC1=O. The minimum Gasteiger partial charge on any atom is -0.458 e. The van der Waals surface area contributed by atoms with Crippen LogP contribution in [0.1, 0.15) is 76.3 Å². The summed E-state index contributed by atoms with van der Waals surface area (Å²) < 4.78 is 4.93. The molecule has 2 aliphatic carbocycles. The van der Waals surface area contributed by atoms with Gasteiger partial charge in [0.2, 0.25) is 0 Å². The third-order valence-electron chi connectivity index (χ3n) is 9.63. The Hall–Kier alpha value is -1.90.